The highest BCUT2D eigenvalue weighted by Gasteiger charge is 2.11. The summed E-state index contributed by atoms with van der Waals surface area (Å²) in [6.45, 7) is 1.07. The molecular weight excluding hydrogens is 226 g/mol. The van der Waals surface area contributed by atoms with Gasteiger partial charge in [-0.2, -0.15) is 0 Å². The summed E-state index contributed by atoms with van der Waals surface area (Å²) in [5.41, 5.74) is 8.43. The van der Waals surface area contributed by atoms with Gasteiger partial charge in [-0.05, 0) is 6.42 Å². The maximum Gasteiger partial charge on any atom is 0.237 e. The Hall–Kier alpha value is -0.980. The molecule has 0 aliphatic heterocycles. The number of amides is 1. The molecule has 1 amide bonds. The Morgan fingerprint density at radius 1 is 1.75 bits per heavy atom. The number of aromatic nitrogens is 1. The molecule has 0 aliphatic rings. The third-order valence-corrected chi connectivity index (χ3v) is 2.77. The number of hydrogen-bond donors (Lipinski definition) is 2. The van der Waals surface area contributed by atoms with E-state index in [-0.39, 0.29) is 5.91 Å². The molecule has 0 saturated carbocycles. The first-order valence-electron chi connectivity index (χ1n) is 5.13. The van der Waals surface area contributed by atoms with E-state index in [1.807, 2.05) is 5.38 Å². The van der Waals surface area contributed by atoms with E-state index >= 15 is 0 Å². The van der Waals surface area contributed by atoms with E-state index in [9.17, 15) is 4.79 Å². The molecule has 0 radical (unpaired) electrons. The Kier molecular flexibility index (Phi) is 5.99. The number of methoxy groups -OCH3 is 1. The van der Waals surface area contributed by atoms with Gasteiger partial charge in [0.05, 0.1) is 17.2 Å². The smallest absolute Gasteiger partial charge is 0.237 e. The lowest BCUT2D eigenvalue weighted by Gasteiger charge is -2.10. The van der Waals surface area contributed by atoms with Gasteiger partial charge in [-0.1, -0.05) is 0 Å². The van der Waals surface area contributed by atoms with Gasteiger partial charge in [0.1, 0.15) is 0 Å². The molecule has 0 aromatic carbocycles. The number of carbonyl (C=O) groups excluding carboxylic acids is 1. The summed E-state index contributed by atoms with van der Waals surface area (Å²) in [6.07, 6.45) is 1.28. The minimum atomic E-state index is -0.490. The number of nitrogens with one attached hydrogen (secondary N) is 1. The van der Waals surface area contributed by atoms with Crippen LogP contribution in [0.25, 0.3) is 0 Å². The largest absolute Gasteiger partial charge is 0.385 e. The quantitative estimate of drug-likeness (QED) is 0.715. The van der Waals surface area contributed by atoms with Crippen molar-refractivity contribution < 1.29 is 9.53 Å². The Bertz CT molecular complexity index is 303. The van der Waals surface area contributed by atoms with E-state index in [4.69, 9.17) is 10.5 Å². The second kappa shape index (κ2) is 7.32. The number of rotatable bonds is 7. The zero-order chi connectivity index (χ0) is 11.8. The third kappa shape index (κ3) is 4.69. The molecule has 1 heterocycles. The van der Waals surface area contributed by atoms with Gasteiger partial charge in [-0.15, -0.1) is 11.3 Å². The Morgan fingerprint density at radius 2 is 2.56 bits per heavy atom. The fraction of sp³-hybridized carbons (Fsp3) is 0.600. The van der Waals surface area contributed by atoms with Crippen LogP contribution in [0.2, 0.25) is 0 Å². The van der Waals surface area contributed by atoms with Gasteiger partial charge < -0.3 is 15.8 Å². The van der Waals surface area contributed by atoms with Crippen LogP contribution in [0.3, 0.4) is 0 Å². The molecule has 5 nitrogen and oxygen atoms in total. The predicted octanol–water partition coefficient (Wildman–Crippen LogP) is 0.166. The molecule has 3 N–H and O–H groups in total. The summed E-state index contributed by atoms with van der Waals surface area (Å²) in [6, 6.07) is -0.490. The van der Waals surface area contributed by atoms with Crippen molar-refractivity contribution >= 4 is 17.2 Å². The number of ether oxygens (including phenoxy) is 1. The highest BCUT2D eigenvalue weighted by molar-refractivity contribution is 7.07. The van der Waals surface area contributed by atoms with Crippen molar-refractivity contribution in [1.29, 1.82) is 0 Å². The van der Waals surface area contributed by atoms with Gasteiger partial charge in [0.25, 0.3) is 0 Å². The molecule has 90 valence electrons. The molecule has 0 aliphatic carbocycles. The first-order valence-corrected chi connectivity index (χ1v) is 6.07. The van der Waals surface area contributed by atoms with Crippen LogP contribution in [-0.2, 0) is 16.0 Å². The van der Waals surface area contributed by atoms with Crippen molar-refractivity contribution in [2.45, 2.75) is 18.9 Å². The zero-order valence-electron chi connectivity index (χ0n) is 9.31. The molecule has 1 atom stereocenters. The monoisotopic (exact) mass is 243 g/mol. The number of nitrogens with zero attached hydrogens (tertiary/aromatic N) is 1. The Morgan fingerprint density at radius 3 is 3.19 bits per heavy atom. The van der Waals surface area contributed by atoms with Crippen LogP contribution in [0.4, 0.5) is 0 Å². The molecule has 0 saturated heterocycles. The van der Waals surface area contributed by atoms with Crippen LogP contribution in [0, 0.1) is 0 Å². The van der Waals surface area contributed by atoms with Crippen molar-refractivity contribution in [3.8, 4) is 0 Å². The maximum absolute atomic E-state index is 11.5. The van der Waals surface area contributed by atoms with Crippen LogP contribution in [0.5, 0.6) is 0 Å². The lowest BCUT2D eigenvalue weighted by Crippen LogP contribution is -2.41. The van der Waals surface area contributed by atoms with Gasteiger partial charge in [-0.25, -0.2) is 4.98 Å². The number of thiazole rings is 1. The molecule has 16 heavy (non-hydrogen) atoms. The number of carbonyl (C=O) groups is 1. The third-order valence-electron chi connectivity index (χ3n) is 2.13. The summed E-state index contributed by atoms with van der Waals surface area (Å²) >= 11 is 1.55. The molecular formula is C10H17N3O2S. The standard InChI is InChI=1S/C10H17N3O2S/c1-15-5-3-9(11)10(14)12-4-2-8-6-16-7-13-8/h6-7,9H,2-5,11H2,1H3,(H,12,14). The van der Waals surface area contributed by atoms with Crippen molar-refractivity contribution in [1.82, 2.24) is 10.3 Å². The second-order valence-electron chi connectivity index (χ2n) is 3.41. The summed E-state index contributed by atoms with van der Waals surface area (Å²) in [5, 5.41) is 4.74. The second-order valence-corrected chi connectivity index (χ2v) is 4.13. The fourth-order valence-electron chi connectivity index (χ4n) is 1.18. The van der Waals surface area contributed by atoms with E-state index in [1.165, 1.54) is 0 Å². The minimum Gasteiger partial charge on any atom is -0.385 e. The summed E-state index contributed by atoms with van der Waals surface area (Å²) < 4.78 is 4.86. The van der Waals surface area contributed by atoms with Crippen molar-refractivity contribution in [3.63, 3.8) is 0 Å². The molecule has 1 aromatic heterocycles. The average Bonchev–Trinajstić information content (AvgIpc) is 2.78. The van der Waals surface area contributed by atoms with E-state index in [0.717, 1.165) is 12.1 Å². The summed E-state index contributed by atoms with van der Waals surface area (Å²) in [7, 11) is 1.59. The van der Waals surface area contributed by atoms with Gasteiger partial charge in [0.15, 0.2) is 0 Å². The van der Waals surface area contributed by atoms with Gasteiger partial charge in [-0.3, -0.25) is 4.79 Å². The molecule has 1 rings (SSSR count). The van der Waals surface area contributed by atoms with E-state index < -0.39 is 6.04 Å². The van der Waals surface area contributed by atoms with Crippen LogP contribution in [-0.4, -0.2) is 37.2 Å². The van der Waals surface area contributed by atoms with Crippen LogP contribution in [0.1, 0.15) is 12.1 Å². The SMILES string of the molecule is COCCC(N)C(=O)NCCc1cscn1. The molecule has 1 aromatic rings. The predicted molar refractivity (Wildman–Crippen MR) is 63.3 cm³/mol. The average molecular weight is 243 g/mol. The van der Waals surface area contributed by atoms with Gasteiger partial charge >= 0.3 is 0 Å². The van der Waals surface area contributed by atoms with Crippen molar-refractivity contribution in [2.24, 2.45) is 5.73 Å². The molecule has 6 heteroatoms. The van der Waals surface area contributed by atoms with E-state index in [1.54, 1.807) is 24.0 Å². The first kappa shape index (κ1) is 13.1. The molecule has 1 unspecified atom stereocenters. The van der Waals surface area contributed by atoms with Crippen LogP contribution in [0.15, 0.2) is 10.9 Å². The maximum atomic E-state index is 11.5. The van der Waals surface area contributed by atoms with Gasteiger partial charge in [0, 0.05) is 32.1 Å². The van der Waals surface area contributed by atoms with Crippen molar-refractivity contribution in [2.75, 3.05) is 20.3 Å². The molecule has 0 spiro atoms. The first-order chi connectivity index (χ1) is 7.74. The Balaban J connectivity index is 2.14. The lowest BCUT2D eigenvalue weighted by molar-refractivity contribution is -0.122. The Labute approximate surface area is 99.0 Å². The van der Waals surface area contributed by atoms with Crippen LogP contribution < -0.4 is 11.1 Å². The highest BCUT2D eigenvalue weighted by atomic mass is 32.1. The van der Waals surface area contributed by atoms with E-state index in [0.29, 0.717) is 19.6 Å². The normalized spacial score (nSPS) is 12.4. The van der Waals surface area contributed by atoms with Crippen LogP contribution >= 0.6 is 11.3 Å². The lowest BCUT2D eigenvalue weighted by atomic mass is 10.2. The number of hydrogen-bond acceptors (Lipinski definition) is 5. The zero-order valence-corrected chi connectivity index (χ0v) is 10.1. The van der Waals surface area contributed by atoms with Gasteiger partial charge in [0.2, 0.25) is 5.91 Å². The highest BCUT2D eigenvalue weighted by Crippen LogP contribution is 2.00. The summed E-state index contributed by atoms with van der Waals surface area (Å²) in [5.74, 6) is -0.132. The molecule has 0 bridgehead atoms. The summed E-state index contributed by atoms with van der Waals surface area (Å²) in [4.78, 5) is 15.6. The molecule has 0 fully saturated rings. The number of nitrogens with two attached hydrogens (primary N) is 1. The topological polar surface area (TPSA) is 77.2 Å². The fourth-order valence-corrected chi connectivity index (χ4v) is 1.77. The minimum absolute atomic E-state index is 0.132. The van der Waals surface area contributed by atoms with E-state index in [2.05, 4.69) is 10.3 Å². The van der Waals surface area contributed by atoms with Crippen molar-refractivity contribution in [3.05, 3.63) is 16.6 Å².